The van der Waals surface area contributed by atoms with Gasteiger partial charge >= 0.3 is 5.97 Å². The second kappa shape index (κ2) is 14.1. The predicted octanol–water partition coefficient (Wildman–Crippen LogP) is 7.72. The number of fused-ring (bicyclic) bond motifs is 5. The molecule has 3 aromatic carbocycles. The molecule has 1 aromatic heterocycles. The molecule has 3 aliphatic rings. The number of carboxylic acid groups (broad SMARTS) is 1. The van der Waals surface area contributed by atoms with Crippen LogP contribution in [0.5, 0.6) is 17.2 Å². The van der Waals surface area contributed by atoms with Crippen LogP contribution < -0.4 is 19.5 Å². The van der Waals surface area contributed by atoms with Crippen LogP contribution in [0.1, 0.15) is 91.3 Å². The largest absolute Gasteiger partial charge is 0.496 e. The highest BCUT2D eigenvalue weighted by Crippen LogP contribution is 2.48. The molecular formula is C41H44N2O7. The lowest BCUT2D eigenvalue weighted by Gasteiger charge is -2.41. The summed E-state index contributed by atoms with van der Waals surface area (Å²) < 4.78 is 20.0. The lowest BCUT2D eigenvalue weighted by molar-refractivity contribution is -0.131. The number of methoxy groups -OCH3 is 1. The summed E-state index contributed by atoms with van der Waals surface area (Å²) in [5.41, 5.74) is 5.49. The smallest absolute Gasteiger partial charge is 0.328 e. The molecule has 0 radical (unpaired) electrons. The van der Waals surface area contributed by atoms with Crippen molar-refractivity contribution >= 4 is 34.6 Å². The molecule has 4 aromatic rings. The van der Waals surface area contributed by atoms with E-state index in [-0.39, 0.29) is 18.1 Å². The number of carboxylic acids is 1. The summed E-state index contributed by atoms with van der Waals surface area (Å²) in [5.74, 6) is 1.16. The molecule has 1 amide bonds. The quantitative estimate of drug-likeness (QED) is 0.156. The molecule has 2 fully saturated rings. The minimum Gasteiger partial charge on any atom is -0.496 e. The molecule has 0 bridgehead atoms. The highest BCUT2D eigenvalue weighted by molar-refractivity contribution is 6.04. The highest BCUT2D eigenvalue weighted by atomic mass is 16.5. The second-order valence-electron chi connectivity index (χ2n) is 13.7. The second-order valence-corrected chi connectivity index (χ2v) is 13.7. The number of nitrogens with zero attached hydrogens (tertiary/aromatic N) is 1. The molecule has 9 heteroatoms. The van der Waals surface area contributed by atoms with Gasteiger partial charge in [0, 0.05) is 46.2 Å². The van der Waals surface area contributed by atoms with Gasteiger partial charge in [-0.25, -0.2) is 4.79 Å². The number of nitrogens with one attached hydrogen (secondary N) is 1. The number of carbonyl (C=O) groups excluding carboxylic acids is 2. The van der Waals surface area contributed by atoms with Crippen molar-refractivity contribution < 1.29 is 33.7 Å². The van der Waals surface area contributed by atoms with Crippen molar-refractivity contribution in [3.05, 3.63) is 82.9 Å². The first-order valence-corrected chi connectivity index (χ1v) is 17.8. The van der Waals surface area contributed by atoms with Gasteiger partial charge in [-0.2, -0.15) is 0 Å². The zero-order valence-electron chi connectivity index (χ0n) is 28.8. The molecule has 0 atom stereocenters. The Morgan fingerprint density at radius 1 is 1.02 bits per heavy atom. The van der Waals surface area contributed by atoms with Gasteiger partial charge in [0.1, 0.15) is 23.9 Å². The van der Waals surface area contributed by atoms with Crippen LogP contribution in [0.3, 0.4) is 0 Å². The van der Waals surface area contributed by atoms with E-state index < -0.39 is 11.5 Å². The van der Waals surface area contributed by atoms with E-state index in [1.807, 2.05) is 31.2 Å². The number of benzene rings is 3. The zero-order chi connectivity index (χ0) is 34.8. The van der Waals surface area contributed by atoms with Gasteiger partial charge in [-0.15, -0.1) is 0 Å². The summed E-state index contributed by atoms with van der Waals surface area (Å²) in [4.78, 5) is 38.8. The summed E-state index contributed by atoms with van der Waals surface area (Å²) in [6, 6.07) is 17.4. The Balaban J connectivity index is 1.20. The molecular weight excluding hydrogens is 632 g/mol. The molecule has 0 spiro atoms. The van der Waals surface area contributed by atoms with Gasteiger partial charge in [0.25, 0.3) is 5.91 Å². The van der Waals surface area contributed by atoms with Crippen LogP contribution >= 0.6 is 0 Å². The number of rotatable bonds is 11. The number of amides is 1. The van der Waals surface area contributed by atoms with Crippen LogP contribution in [0, 0.1) is 0 Å². The monoisotopic (exact) mass is 676 g/mol. The molecule has 7 rings (SSSR count). The third-order valence-corrected chi connectivity index (χ3v) is 10.6. The number of aromatic nitrogens is 1. The predicted molar refractivity (Wildman–Crippen MR) is 192 cm³/mol. The number of aliphatic carboxylic acids is 1. The van der Waals surface area contributed by atoms with Crippen molar-refractivity contribution in [2.45, 2.75) is 82.7 Å². The van der Waals surface area contributed by atoms with Crippen molar-refractivity contribution in [1.82, 2.24) is 9.88 Å². The fraction of sp³-hybridized carbons (Fsp3) is 0.390. The van der Waals surface area contributed by atoms with E-state index in [0.717, 1.165) is 47.9 Å². The van der Waals surface area contributed by atoms with Crippen molar-refractivity contribution in [3.63, 3.8) is 0 Å². The molecule has 9 nitrogen and oxygen atoms in total. The minimum atomic E-state index is -1.04. The first kappa shape index (κ1) is 33.4. The Kier molecular flexibility index (Phi) is 9.40. The van der Waals surface area contributed by atoms with Gasteiger partial charge in [0.05, 0.1) is 31.5 Å². The van der Waals surface area contributed by atoms with Crippen molar-refractivity contribution in [2.24, 2.45) is 0 Å². The average Bonchev–Trinajstić information content (AvgIpc) is 3.30. The van der Waals surface area contributed by atoms with Crippen LogP contribution in [0.25, 0.3) is 28.2 Å². The minimum absolute atomic E-state index is 0.0679. The lowest BCUT2D eigenvalue weighted by atomic mass is 9.72. The maximum absolute atomic E-state index is 14.0. The van der Waals surface area contributed by atoms with Crippen molar-refractivity contribution in [3.8, 4) is 28.5 Å². The van der Waals surface area contributed by atoms with E-state index in [1.54, 1.807) is 18.2 Å². The topological polar surface area (TPSA) is 116 Å². The third kappa shape index (κ3) is 6.37. The van der Waals surface area contributed by atoms with E-state index in [0.29, 0.717) is 61.0 Å². The Morgan fingerprint density at radius 3 is 2.56 bits per heavy atom. The highest BCUT2D eigenvalue weighted by Gasteiger charge is 2.45. The summed E-state index contributed by atoms with van der Waals surface area (Å²) in [6.45, 7) is 3.71. The van der Waals surface area contributed by atoms with Crippen molar-refractivity contribution in [2.75, 3.05) is 20.3 Å². The summed E-state index contributed by atoms with van der Waals surface area (Å²) in [6.07, 6.45) is 10.6. The van der Waals surface area contributed by atoms with Crippen molar-refractivity contribution in [1.29, 1.82) is 0 Å². The van der Waals surface area contributed by atoms with E-state index in [2.05, 4.69) is 22.0 Å². The number of ether oxygens (including phenoxy) is 3. The van der Waals surface area contributed by atoms with Crippen LogP contribution in [0.15, 0.2) is 60.7 Å². The number of hydrogen-bond donors (Lipinski definition) is 2. The van der Waals surface area contributed by atoms with Crippen LogP contribution in [0.2, 0.25) is 0 Å². The van der Waals surface area contributed by atoms with E-state index in [4.69, 9.17) is 19.3 Å². The van der Waals surface area contributed by atoms with Gasteiger partial charge in [0.2, 0.25) is 0 Å². The number of ketones is 1. The SMILES string of the molecule is CCOc1ccc2c(c1)OCCn1c-2c(C2CCCCC2)c2ccc(C(=O)NC3(C(=O)Cc4ccc(/C=C/C(=O)O)cc4OC)CCC3)cc21. The number of hydrogen-bond acceptors (Lipinski definition) is 6. The third-order valence-electron chi connectivity index (χ3n) is 10.6. The molecule has 2 aliphatic carbocycles. The van der Waals surface area contributed by atoms with Gasteiger partial charge in [-0.1, -0.05) is 37.5 Å². The van der Waals surface area contributed by atoms with Gasteiger partial charge in [-0.05, 0) is 92.5 Å². The first-order chi connectivity index (χ1) is 24.3. The van der Waals surface area contributed by atoms with Crippen LogP contribution in [0.4, 0.5) is 0 Å². The Labute approximate surface area is 292 Å². The molecule has 2 heterocycles. The Morgan fingerprint density at radius 2 is 1.84 bits per heavy atom. The molecule has 2 N–H and O–H groups in total. The summed E-state index contributed by atoms with van der Waals surface area (Å²) in [5, 5.41) is 13.3. The van der Waals surface area contributed by atoms with E-state index in [9.17, 15) is 14.4 Å². The molecule has 0 unspecified atom stereocenters. The number of carbonyl (C=O) groups is 3. The van der Waals surface area contributed by atoms with Crippen LogP contribution in [-0.4, -0.2) is 53.2 Å². The van der Waals surface area contributed by atoms with E-state index in [1.165, 1.54) is 49.1 Å². The summed E-state index contributed by atoms with van der Waals surface area (Å²) >= 11 is 0. The average molecular weight is 677 g/mol. The molecule has 0 saturated heterocycles. The Hall–Kier alpha value is -5.05. The summed E-state index contributed by atoms with van der Waals surface area (Å²) in [7, 11) is 1.52. The maximum Gasteiger partial charge on any atom is 0.328 e. The zero-order valence-corrected chi connectivity index (χ0v) is 28.8. The fourth-order valence-corrected chi connectivity index (χ4v) is 7.98. The number of Topliss-reactive ketones (excluding diaryl/α,β-unsaturated/α-hetero) is 1. The normalized spacial score (nSPS) is 16.8. The van der Waals surface area contributed by atoms with Crippen LogP contribution in [-0.2, 0) is 22.6 Å². The van der Waals surface area contributed by atoms with Gasteiger partial charge in [0.15, 0.2) is 5.78 Å². The maximum atomic E-state index is 14.0. The van der Waals surface area contributed by atoms with Gasteiger partial charge < -0.3 is 29.2 Å². The first-order valence-electron chi connectivity index (χ1n) is 17.8. The molecule has 1 aliphatic heterocycles. The molecule has 2 saturated carbocycles. The molecule has 260 valence electrons. The molecule has 50 heavy (non-hydrogen) atoms. The Bertz CT molecular complexity index is 1980. The standard InChI is InChI=1S/C41H44N2O7/c1-3-49-30-14-16-32-35(25-30)50-21-20-43-33-23-29(13-15-31(33)38(39(32)43)27-8-5-4-6-9-27)40(47)42-41(18-7-19-41)36(44)24-28-12-10-26(11-17-37(45)46)22-34(28)48-2/h10-17,22-23,25,27H,3-9,18-21,24H2,1-2H3,(H,42,47)(H,45,46)/b17-11+. The lowest BCUT2D eigenvalue weighted by Crippen LogP contribution is -2.59. The van der Waals surface area contributed by atoms with E-state index >= 15 is 0 Å². The fourth-order valence-electron chi connectivity index (χ4n) is 7.98. The van der Waals surface area contributed by atoms with Gasteiger partial charge in [-0.3, -0.25) is 9.59 Å².